The Labute approximate surface area is 104 Å². The smallest absolute Gasteiger partial charge is 0.0771 e. The molecule has 0 bridgehead atoms. The fourth-order valence-electron chi connectivity index (χ4n) is 3.43. The summed E-state index contributed by atoms with van der Waals surface area (Å²) in [6.45, 7) is 1.67. The molecule has 17 heavy (non-hydrogen) atoms. The summed E-state index contributed by atoms with van der Waals surface area (Å²) in [6.07, 6.45) is 9.85. The van der Waals surface area contributed by atoms with Crippen molar-refractivity contribution in [1.29, 1.82) is 0 Å². The fourth-order valence-corrected chi connectivity index (χ4v) is 3.43. The summed E-state index contributed by atoms with van der Waals surface area (Å²) in [5.41, 5.74) is -0.436. The molecule has 1 aliphatic heterocycles. The van der Waals surface area contributed by atoms with Gasteiger partial charge in [-0.05, 0) is 38.0 Å². The van der Waals surface area contributed by atoms with Crippen LogP contribution >= 0.6 is 0 Å². The second-order valence-corrected chi connectivity index (χ2v) is 6.23. The second kappa shape index (κ2) is 4.87. The van der Waals surface area contributed by atoms with Crippen molar-refractivity contribution >= 4 is 0 Å². The van der Waals surface area contributed by atoms with E-state index in [4.69, 9.17) is 4.74 Å². The van der Waals surface area contributed by atoms with Crippen molar-refractivity contribution in [2.45, 2.75) is 69.1 Å². The van der Waals surface area contributed by atoms with E-state index in [-0.39, 0.29) is 0 Å². The summed E-state index contributed by atoms with van der Waals surface area (Å²) in [7, 11) is 0. The van der Waals surface area contributed by atoms with Gasteiger partial charge in [0.25, 0.3) is 0 Å². The lowest BCUT2D eigenvalue weighted by Gasteiger charge is -2.34. The first-order valence-corrected chi connectivity index (χ1v) is 7.34. The van der Waals surface area contributed by atoms with Crippen LogP contribution in [0.15, 0.2) is 0 Å². The summed E-state index contributed by atoms with van der Waals surface area (Å²) in [5.74, 6) is 0.802. The molecule has 3 fully saturated rings. The number of aliphatic hydroxyl groups is 1. The maximum atomic E-state index is 10.5. The van der Waals surface area contributed by atoms with Gasteiger partial charge < -0.3 is 15.2 Å². The van der Waals surface area contributed by atoms with Crippen molar-refractivity contribution in [2.24, 2.45) is 5.92 Å². The quantitative estimate of drug-likeness (QED) is 0.786. The Balaban J connectivity index is 1.49. The summed E-state index contributed by atoms with van der Waals surface area (Å²) in [5, 5.41) is 14.1. The lowest BCUT2D eigenvalue weighted by Crippen LogP contribution is -2.48. The van der Waals surface area contributed by atoms with E-state index >= 15 is 0 Å². The van der Waals surface area contributed by atoms with Crippen LogP contribution in [0.3, 0.4) is 0 Å². The summed E-state index contributed by atoms with van der Waals surface area (Å²) < 4.78 is 5.82. The van der Waals surface area contributed by atoms with Crippen molar-refractivity contribution in [1.82, 2.24) is 5.32 Å². The predicted molar refractivity (Wildman–Crippen MR) is 66.9 cm³/mol. The molecule has 3 rings (SSSR count). The summed E-state index contributed by atoms with van der Waals surface area (Å²) in [6, 6.07) is 0.494. The Hall–Kier alpha value is -0.120. The Morgan fingerprint density at radius 1 is 1.12 bits per heavy atom. The number of rotatable bonds is 4. The predicted octanol–water partition coefficient (Wildman–Crippen LogP) is 1.84. The van der Waals surface area contributed by atoms with Gasteiger partial charge in [0.2, 0.25) is 0 Å². The molecule has 98 valence electrons. The van der Waals surface area contributed by atoms with Crippen LogP contribution in [0.4, 0.5) is 0 Å². The molecule has 1 saturated heterocycles. The van der Waals surface area contributed by atoms with Crippen LogP contribution in [0.2, 0.25) is 0 Å². The van der Waals surface area contributed by atoms with Crippen LogP contribution in [0, 0.1) is 5.92 Å². The molecule has 2 aliphatic carbocycles. The lowest BCUT2D eigenvalue weighted by atomic mass is 9.84. The third-order valence-corrected chi connectivity index (χ3v) is 4.70. The normalized spacial score (nSPS) is 37.2. The Morgan fingerprint density at radius 3 is 2.59 bits per heavy atom. The maximum Gasteiger partial charge on any atom is 0.0771 e. The Morgan fingerprint density at radius 2 is 1.88 bits per heavy atom. The van der Waals surface area contributed by atoms with Crippen LogP contribution in [0.25, 0.3) is 0 Å². The van der Waals surface area contributed by atoms with Crippen LogP contribution in [0.5, 0.6) is 0 Å². The first-order chi connectivity index (χ1) is 8.27. The largest absolute Gasteiger partial charge is 0.389 e. The minimum Gasteiger partial charge on any atom is -0.389 e. The topological polar surface area (TPSA) is 41.5 Å². The van der Waals surface area contributed by atoms with E-state index in [9.17, 15) is 5.11 Å². The van der Waals surface area contributed by atoms with Crippen LogP contribution in [-0.2, 0) is 4.74 Å². The van der Waals surface area contributed by atoms with E-state index < -0.39 is 5.60 Å². The molecule has 2 atom stereocenters. The molecule has 0 aromatic carbocycles. The van der Waals surface area contributed by atoms with E-state index in [1.165, 1.54) is 32.1 Å². The molecule has 2 saturated carbocycles. The zero-order valence-corrected chi connectivity index (χ0v) is 10.7. The highest BCUT2D eigenvalue weighted by atomic mass is 16.5. The van der Waals surface area contributed by atoms with Gasteiger partial charge in [-0.25, -0.2) is 0 Å². The molecule has 3 aliphatic rings. The van der Waals surface area contributed by atoms with Crippen molar-refractivity contribution in [3.63, 3.8) is 0 Å². The SMILES string of the molecule is OC1(CNC2CCOC2C2CC2)CCCCC1. The van der Waals surface area contributed by atoms with Crippen LogP contribution in [-0.4, -0.2) is 36.0 Å². The van der Waals surface area contributed by atoms with Gasteiger partial charge in [-0.2, -0.15) is 0 Å². The fraction of sp³-hybridized carbons (Fsp3) is 1.00. The molecule has 0 aromatic heterocycles. The van der Waals surface area contributed by atoms with Gasteiger partial charge in [-0.15, -0.1) is 0 Å². The molecule has 0 amide bonds. The highest BCUT2D eigenvalue weighted by Crippen LogP contribution is 2.39. The average Bonchev–Trinajstić information content (AvgIpc) is 3.07. The molecule has 0 aromatic rings. The molecular weight excluding hydrogens is 214 g/mol. The molecule has 0 spiro atoms. The molecule has 3 nitrogen and oxygen atoms in total. The molecule has 2 unspecified atom stereocenters. The zero-order chi connectivity index (χ0) is 11.7. The number of ether oxygens (including phenoxy) is 1. The highest BCUT2D eigenvalue weighted by Gasteiger charge is 2.41. The standard InChI is InChI=1S/C14H25NO2/c16-14(7-2-1-3-8-14)10-15-12-6-9-17-13(12)11-4-5-11/h11-13,15-16H,1-10H2. The molecule has 3 heteroatoms. The number of hydrogen-bond donors (Lipinski definition) is 2. The minimum atomic E-state index is -0.436. The van der Waals surface area contributed by atoms with E-state index in [2.05, 4.69) is 5.32 Å². The molecule has 0 radical (unpaired) electrons. The van der Waals surface area contributed by atoms with Gasteiger partial charge in [0.15, 0.2) is 0 Å². The Kier molecular flexibility index (Phi) is 3.42. The third kappa shape index (κ3) is 2.83. The first kappa shape index (κ1) is 11.9. The van der Waals surface area contributed by atoms with Crippen molar-refractivity contribution < 1.29 is 9.84 Å². The number of nitrogens with one attached hydrogen (secondary N) is 1. The van der Waals surface area contributed by atoms with Crippen molar-refractivity contribution in [3.05, 3.63) is 0 Å². The first-order valence-electron chi connectivity index (χ1n) is 7.34. The van der Waals surface area contributed by atoms with Gasteiger partial charge >= 0.3 is 0 Å². The van der Waals surface area contributed by atoms with Gasteiger partial charge in [-0.1, -0.05) is 19.3 Å². The summed E-state index contributed by atoms with van der Waals surface area (Å²) in [4.78, 5) is 0. The second-order valence-electron chi connectivity index (χ2n) is 6.23. The third-order valence-electron chi connectivity index (χ3n) is 4.70. The molecule has 1 heterocycles. The van der Waals surface area contributed by atoms with Crippen molar-refractivity contribution in [3.8, 4) is 0 Å². The minimum absolute atomic E-state index is 0.433. The maximum absolute atomic E-state index is 10.5. The van der Waals surface area contributed by atoms with Crippen LogP contribution in [0.1, 0.15) is 51.4 Å². The van der Waals surface area contributed by atoms with E-state index in [1.54, 1.807) is 0 Å². The van der Waals surface area contributed by atoms with E-state index in [1.807, 2.05) is 0 Å². The van der Waals surface area contributed by atoms with Gasteiger partial charge in [0, 0.05) is 19.2 Å². The lowest BCUT2D eigenvalue weighted by molar-refractivity contribution is -0.00127. The molecular formula is C14H25NO2. The van der Waals surface area contributed by atoms with Gasteiger partial charge in [0.1, 0.15) is 0 Å². The van der Waals surface area contributed by atoms with Gasteiger partial charge in [0.05, 0.1) is 11.7 Å². The Bertz CT molecular complexity index is 259. The number of hydrogen-bond acceptors (Lipinski definition) is 3. The van der Waals surface area contributed by atoms with Gasteiger partial charge in [-0.3, -0.25) is 0 Å². The average molecular weight is 239 g/mol. The highest BCUT2D eigenvalue weighted by molar-refractivity contribution is 4.95. The van der Waals surface area contributed by atoms with Crippen LogP contribution < -0.4 is 5.32 Å². The zero-order valence-electron chi connectivity index (χ0n) is 10.7. The van der Waals surface area contributed by atoms with Crippen molar-refractivity contribution in [2.75, 3.05) is 13.2 Å². The molecule has 2 N–H and O–H groups in total. The van der Waals surface area contributed by atoms with E-state index in [0.717, 1.165) is 38.3 Å². The summed E-state index contributed by atoms with van der Waals surface area (Å²) >= 11 is 0. The van der Waals surface area contributed by atoms with E-state index in [0.29, 0.717) is 12.1 Å². The monoisotopic (exact) mass is 239 g/mol.